The molecule has 1 N–H and O–H groups in total. The molecule has 2 aromatic heterocycles. The molecule has 1 fully saturated rings. The van der Waals surface area contributed by atoms with E-state index in [0.717, 1.165) is 88.2 Å². The molecule has 5 aliphatic heterocycles. The minimum absolute atomic E-state index is 0.375. The van der Waals surface area contributed by atoms with Gasteiger partial charge in [0.1, 0.15) is 5.82 Å². The van der Waals surface area contributed by atoms with Crippen LogP contribution in [0.25, 0.3) is 11.3 Å². The molecular formula is C33H48N8O. The number of anilines is 3. The van der Waals surface area contributed by atoms with Gasteiger partial charge in [0.25, 0.3) is 0 Å². The summed E-state index contributed by atoms with van der Waals surface area (Å²) in [6.07, 6.45) is 7.34. The van der Waals surface area contributed by atoms with Gasteiger partial charge in [0.15, 0.2) is 0 Å². The van der Waals surface area contributed by atoms with Crippen LogP contribution in [0.5, 0.6) is 0 Å². The zero-order valence-electron chi connectivity index (χ0n) is 25.9. The summed E-state index contributed by atoms with van der Waals surface area (Å²) in [5.74, 6) is 2.27. The molecule has 8 rings (SSSR count). The second-order valence-electron chi connectivity index (χ2n) is 12.3. The summed E-state index contributed by atoms with van der Waals surface area (Å²) < 4.78 is 6.20. The third-order valence-corrected chi connectivity index (χ3v) is 8.47. The first kappa shape index (κ1) is 30.4. The predicted octanol–water partition coefficient (Wildman–Crippen LogP) is 4.60. The fourth-order valence-corrected chi connectivity index (χ4v) is 5.79. The topological polar surface area (TPSA) is 72.9 Å². The molecular weight excluding hydrogens is 524 g/mol. The van der Waals surface area contributed by atoms with Crippen molar-refractivity contribution in [3.05, 3.63) is 60.4 Å². The number of likely N-dealkylation sites (N-methyl/N-ethyl adjacent to an activating group) is 1. The first-order chi connectivity index (χ1) is 20.4. The Labute approximate surface area is 251 Å². The van der Waals surface area contributed by atoms with Crippen molar-refractivity contribution in [1.29, 1.82) is 0 Å². The van der Waals surface area contributed by atoms with Gasteiger partial charge in [-0.25, -0.2) is 15.0 Å². The van der Waals surface area contributed by atoms with Gasteiger partial charge in [0.2, 0.25) is 5.95 Å². The molecule has 7 heterocycles. The Hall–Kier alpha value is -3.11. The summed E-state index contributed by atoms with van der Waals surface area (Å²) in [5, 5.41) is 3.43. The fraction of sp³-hybridized carbons (Fsp3) is 0.545. The summed E-state index contributed by atoms with van der Waals surface area (Å²) in [6.45, 7) is 11.1. The molecule has 226 valence electrons. The highest BCUT2D eigenvalue weighted by molar-refractivity contribution is 5.62. The van der Waals surface area contributed by atoms with Crippen LogP contribution < -0.4 is 10.2 Å². The van der Waals surface area contributed by atoms with E-state index < -0.39 is 0 Å². The summed E-state index contributed by atoms with van der Waals surface area (Å²) in [5.41, 5.74) is 4.10. The van der Waals surface area contributed by atoms with E-state index in [9.17, 15) is 0 Å². The largest absolute Gasteiger partial charge is 0.378 e. The normalized spacial score (nSPS) is 23.6. The zero-order valence-corrected chi connectivity index (χ0v) is 25.9. The van der Waals surface area contributed by atoms with Gasteiger partial charge in [-0.2, -0.15) is 0 Å². The summed E-state index contributed by atoms with van der Waals surface area (Å²) in [6, 6.07) is 15.1. The van der Waals surface area contributed by atoms with Gasteiger partial charge in [-0.3, -0.25) is 4.90 Å². The average Bonchev–Trinajstić information content (AvgIpc) is 2.99. The van der Waals surface area contributed by atoms with E-state index in [1.54, 1.807) is 6.20 Å². The Morgan fingerprint density at radius 1 is 1.02 bits per heavy atom. The zero-order chi connectivity index (χ0) is 29.3. The van der Waals surface area contributed by atoms with Gasteiger partial charge in [-0.05, 0) is 81.7 Å². The van der Waals surface area contributed by atoms with Gasteiger partial charge < -0.3 is 24.8 Å². The van der Waals surface area contributed by atoms with E-state index in [1.165, 1.54) is 18.4 Å². The van der Waals surface area contributed by atoms with Crippen LogP contribution in [0, 0.1) is 5.92 Å². The Balaban J connectivity index is 1.36. The van der Waals surface area contributed by atoms with Crippen LogP contribution in [-0.4, -0.2) is 109 Å². The second kappa shape index (κ2) is 14.9. The van der Waals surface area contributed by atoms with E-state index in [4.69, 9.17) is 14.7 Å². The van der Waals surface area contributed by atoms with Crippen LogP contribution in [0.1, 0.15) is 31.7 Å². The van der Waals surface area contributed by atoms with Crippen molar-refractivity contribution < 1.29 is 4.74 Å². The number of aromatic nitrogens is 3. The Morgan fingerprint density at radius 2 is 1.93 bits per heavy atom. The quantitative estimate of drug-likeness (QED) is 0.442. The van der Waals surface area contributed by atoms with Crippen LogP contribution in [0.4, 0.5) is 17.5 Å². The predicted molar refractivity (Wildman–Crippen MR) is 171 cm³/mol. The van der Waals surface area contributed by atoms with Crippen molar-refractivity contribution in [2.45, 2.75) is 38.8 Å². The van der Waals surface area contributed by atoms with E-state index in [2.05, 4.69) is 94.4 Å². The Bertz CT molecular complexity index is 1250. The summed E-state index contributed by atoms with van der Waals surface area (Å²) in [4.78, 5) is 23.7. The van der Waals surface area contributed by atoms with Crippen molar-refractivity contribution in [3.8, 4) is 11.3 Å². The average molecular weight is 573 g/mol. The standard InChI is InChI=1S/C33H48N8O/c1-26-7-6-15-39(4)32-11-10-28(22-35-32)31-12-14-34-33(37-31)36-29-9-5-8-27(21-29)23-41-18-17-40(16-13-26)24-30(41)25-42-20-19-38(2)3/h5,8-12,14,21-22,26,30H,6-7,13,15-20,23-25H2,1-4H3,(H,34,36,37). The van der Waals surface area contributed by atoms with E-state index >= 15 is 0 Å². The van der Waals surface area contributed by atoms with E-state index in [-0.39, 0.29) is 0 Å². The molecule has 9 heteroatoms. The van der Waals surface area contributed by atoms with Crippen molar-refractivity contribution in [2.24, 2.45) is 5.92 Å². The number of nitrogens with zero attached hydrogens (tertiary/aromatic N) is 7. The number of rotatable bonds is 5. The molecule has 3 aromatic rings. The van der Waals surface area contributed by atoms with Crippen LogP contribution in [0.3, 0.4) is 0 Å². The molecule has 5 aliphatic rings. The van der Waals surface area contributed by atoms with Gasteiger partial charge >= 0.3 is 0 Å². The van der Waals surface area contributed by atoms with Crippen molar-refractivity contribution in [2.75, 3.05) is 83.8 Å². The maximum atomic E-state index is 6.20. The summed E-state index contributed by atoms with van der Waals surface area (Å²) in [7, 11) is 6.33. The number of hydrogen-bond donors (Lipinski definition) is 1. The van der Waals surface area contributed by atoms with Gasteiger partial charge in [-0.1, -0.05) is 19.1 Å². The van der Waals surface area contributed by atoms with Crippen LogP contribution in [0.2, 0.25) is 0 Å². The smallest absolute Gasteiger partial charge is 0.227 e. The molecule has 9 nitrogen and oxygen atoms in total. The van der Waals surface area contributed by atoms with Gasteiger partial charge in [-0.15, -0.1) is 0 Å². The molecule has 0 spiro atoms. The first-order valence-corrected chi connectivity index (χ1v) is 15.5. The van der Waals surface area contributed by atoms with Crippen LogP contribution >= 0.6 is 0 Å². The maximum absolute atomic E-state index is 6.20. The molecule has 0 radical (unpaired) electrons. The highest BCUT2D eigenvalue weighted by Gasteiger charge is 2.27. The molecule has 1 aromatic carbocycles. The number of pyridine rings is 1. The first-order valence-electron chi connectivity index (χ1n) is 15.5. The molecule has 8 bridgehead atoms. The monoisotopic (exact) mass is 572 g/mol. The van der Waals surface area contributed by atoms with Crippen molar-refractivity contribution in [1.82, 2.24) is 29.7 Å². The number of piperazine rings is 1. The Morgan fingerprint density at radius 3 is 2.76 bits per heavy atom. The van der Waals surface area contributed by atoms with Crippen molar-refractivity contribution in [3.63, 3.8) is 0 Å². The number of benzene rings is 1. The minimum Gasteiger partial charge on any atom is -0.378 e. The molecule has 1 saturated heterocycles. The second-order valence-corrected chi connectivity index (χ2v) is 12.3. The molecule has 4 atom stereocenters. The highest BCUT2D eigenvalue weighted by atomic mass is 16.5. The lowest BCUT2D eigenvalue weighted by Gasteiger charge is -2.41. The highest BCUT2D eigenvalue weighted by Crippen LogP contribution is 2.24. The SMILES string of the molecule is CC1CCCN(C)c2ccc(cn2)-c2ccnc(n2)Nc2cccc(c2)CN2CCN(CC1)CC2COCCN(C)C. The van der Waals surface area contributed by atoms with Crippen molar-refractivity contribution >= 4 is 17.5 Å². The van der Waals surface area contributed by atoms with Gasteiger partial charge in [0, 0.05) is 76.0 Å². The molecule has 42 heavy (non-hydrogen) atoms. The lowest BCUT2D eigenvalue weighted by molar-refractivity contribution is 0.00163. The fourth-order valence-electron chi connectivity index (χ4n) is 5.79. The lowest BCUT2D eigenvalue weighted by atomic mass is 10.0. The number of nitrogens with one attached hydrogen (secondary N) is 1. The Kier molecular flexibility index (Phi) is 10.7. The third-order valence-electron chi connectivity index (χ3n) is 8.47. The van der Waals surface area contributed by atoms with Crippen LogP contribution in [0.15, 0.2) is 54.9 Å². The number of ether oxygens (including phenoxy) is 1. The molecule has 0 saturated carbocycles. The van der Waals surface area contributed by atoms with E-state index in [0.29, 0.717) is 17.9 Å². The molecule has 0 amide bonds. The maximum Gasteiger partial charge on any atom is 0.227 e. The molecule has 0 aliphatic carbocycles. The van der Waals surface area contributed by atoms with Crippen LogP contribution in [-0.2, 0) is 11.3 Å². The van der Waals surface area contributed by atoms with E-state index in [1.807, 2.05) is 12.3 Å². The summed E-state index contributed by atoms with van der Waals surface area (Å²) >= 11 is 0. The van der Waals surface area contributed by atoms with Gasteiger partial charge in [0.05, 0.1) is 18.9 Å². The lowest BCUT2D eigenvalue weighted by Crippen LogP contribution is -2.54. The number of hydrogen-bond acceptors (Lipinski definition) is 9. The third kappa shape index (κ3) is 8.70. The minimum atomic E-state index is 0.375. The molecule has 4 unspecified atom stereocenters.